The van der Waals surface area contributed by atoms with Crippen LogP contribution in [0.3, 0.4) is 0 Å². The molecule has 0 saturated carbocycles. The fraction of sp³-hybridized carbons (Fsp3) is 0.400. The molecule has 1 N–H and O–H groups in total. The Morgan fingerprint density at radius 1 is 1.00 bits per heavy atom. The molecule has 8 nitrogen and oxygen atoms in total. The van der Waals surface area contributed by atoms with Gasteiger partial charge in [-0.25, -0.2) is 8.42 Å². The van der Waals surface area contributed by atoms with E-state index in [0.717, 1.165) is 29.2 Å². The average Bonchev–Trinajstić information content (AvgIpc) is 3.16. The maximum absolute atomic E-state index is 13.6. The summed E-state index contributed by atoms with van der Waals surface area (Å²) >= 11 is 0. The molecule has 1 atom stereocenters. The van der Waals surface area contributed by atoms with Crippen molar-refractivity contribution in [1.29, 1.82) is 0 Å². The van der Waals surface area contributed by atoms with Crippen molar-refractivity contribution >= 4 is 38.3 Å². The van der Waals surface area contributed by atoms with Crippen LogP contribution in [0.1, 0.15) is 51.5 Å². The summed E-state index contributed by atoms with van der Waals surface area (Å²) in [5, 5.41) is 4.56. The Hall–Kier alpha value is -3.59. The third-order valence-electron chi connectivity index (χ3n) is 7.16. The molecule has 3 aromatic rings. The molecule has 1 aliphatic rings. The predicted octanol–water partition coefficient (Wildman–Crippen LogP) is 4.86. The van der Waals surface area contributed by atoms with Crippen molar-refractivity contribution in [1.82, 2.24) is 10.2 Å². The first-order valence-electron chi connectivity index (χ1n) is 13.6. The molecule has 1 aliphatic heterocycles. The monoisotopic (exact) mass is 551 g/mol. The lowest BCUT2D eigenvalue weighted by Crippen LogP contribution is -2.49. The number of carbonyl (C=O) groups excluding carboxylic acids is 2. The Morgan fingerprint density at radius 3 is 2.38 bits per heavy atom. The average molecular weight is 552 g/mol. The first-order valence-corrected chi connectivity index (χ1v) is 15.0. The Morgan fingerprint density at radius 2 is 1.72 bits per heavy atom. The van der Waals surface area contributed by atoms with Gasteiger partial charge in [0.2, 0.25) is 11.8 Å². The van der Waals surface area contributed by atoms with Gasteiger partial charge in [0.1, 0.15) is 11.8 Å². The van der Waals surface area contributed by atoms with E-state index in [1.54, 1.807) is 24.1 Å². The lowest BCUT2D eigenvalue weighted by Gasteiger charge is -2.31. The number of unbranched alkanes of at least 4 members (excludes halogenated alkanes) is 1. The van der Waals surface area contributed by atoms with Crippen LogP contribution in [-0.2, 0) is 26.2 Å². The smallest absolute Gasteiger partial charge is 0.265 e. The Bertz CT molecular complexity index is 1420. The normalized spacial score (nSPS) is 14.3. The van der Waals surface area contributed by atoms with Crippen molar-refractivity contribution in [3.05, 3.63) is 66.2 Å². The van der Waals surface area contributed by atoms with E-state index in [-0.39, 0.29) is 31.3 Å². The number of sulfonamides is 1. The number of nitrogens with one attached hydrogen (secondary N) is 1. The summed E-state index contributed by atoms with van der Waals surface area (Å²) in [4.78, 5) is 28.6. The van der Waals surface area contributed by atoms with Crippen molar-refractivity contribution < 1.29 is 22.7 Å². The first kappa shape index (κ1) is 28.4. The van der Waals surface area contributed by atoms with Gasteiger partial charge in [-0.15, -0.1) is 0 Å². The summed E-state index contributed by atoms with van der Waals surface area (Å²) in [6, 6.07) is 17.6. The lowest BCUT2D eigenvalue weighted by atomic mass is 10.1. The number of rotatable bonds is 13. The molecule has 0 bridgehead atoms. The fourth-order valence-corrected chi connectivity index (χ4v) is 6.82. The van der Waals surface area contributed by atoms with Crippen LogP contribution in [0.15, 0.2) is 65.6 Å². The molecular weight excluding hydrogens is 514 g/mol. The molecule has 1 heterocycles. The molecule has 4 rings (SSSR count). The second-order valence-electron chi connectivity index (χ2n) is 9.75. The molecule has 0 fully saturated rings. The molecule has 39 heavy (non-hydrogen) atoms. The largest absolute Gasteiger partial charge is 0.497 e. The fourth-order valence-electron chi connectivity index (χ4n) is 5.07. The van der Waals surface area contributed by atoms with Gasteiger partial charge in [-0.05, 0) is 54.5 Å². The van der Waals surface area contributed by atoms with Crippen molar-refractivity contribution in [2.75, 3.05) is 24.5 Å². The highest BCUT2D eigenvalue weighted by molar-refractivity contribution is 7.93. The number of benzene rings is 3. The summed E-state index contributed by atoms with van der Waals surface area (Å²) in [6.45, 7) is 4.97. The van der Waals surface area contributed by atoms with Crippen molar-refractivity contribution in [2.45, 2.75) is 63.4 Å². The lowest BCUT2D eigenvalue weighted by molar-refractivity contribution is -0.141. The molecule has 3 aromatic carbocycles. The van der Waals surface area contributed by atoms with E-state index in [2.05, 4.69) is 12.2 Å². The second kappa shape index (κ2) is 12.5. The van der Waals surface area contributed by atoms with E-state index in [0.29, 0.717) is 35.7 Å². The Kier molecular flexibility index (Phi) is 9.12. The van der Waals surface area contributed by atoms with Crippen LogP contribution >= 0.6 is 0 Å². The van der Waals surface area contributed by atoms with Crippen LogP contribution in [-0.4, -0.2) is 51.4 Å². The van der Waals surface area contributed by atoms with Crippen molar-refractivity contribution in [2.24, 2.45) is 0 Å². The van der Waals surface area contributed by atoms with E-state index in [1.165, 1.54) is 4.31 Å². The van der Waals surface area contributed by atoms with Crippen LogP contribution in [0, 0.1) is 0 Å². The molecule has 2 amide bonds. The van der Waals surface area contributed by atoms with Crippen LogP contribution < -0.4 is 14.4 Å². The highest BCUT2D eigenvalue weighted by Gasteiger charge is 2.35. The molecule has 0 unspecified atom stereocenters. The minimum Gasteiger partial charge on any atom is -0.497 e. The van der Waals surface area contributed by atoms with Crippen LogP contribution in [0.25, 0.3) is 10.8 Å². The van der Waals surface area contributed by atoms with E-state index in [9.17, 15) is 18.0 Å². The van der Waals surface area contributed by atoms with Gasteiger partial charge < -0.3 is 15.0 Å². The number of hydrogen-bond donors (Lipinski definition) is 1. The quantitative estimate of drug-likeness (QED) is 0.306. The SMILES string of the molecule is CCCCNC(=O)[C@@H](CC)N(Cc1ccc(OC)cc1)C(=O)CCCN1c2cccc3cccc(c23)S1(=O)=O. The number of amides is 2. The summed E-state index contributed by atoms with van der Waals surface area (Å²) < 4.78 is 33.3. The van der Waals surface area contributed by atoms with Crippen LogP contribution in [0.5, 0.6) is 5.75 Å². The van der Waals surface area contributed by atoms with Gasteiger partial charge in [0.25, 0.3) is 10.0 Å². The van der Waals surface area contributed by atoms with Gasteiger partial charge in [-0.2, -0.15) is 0 Å². The minimum absolute atomic E-state index is 0.118. The maximum atomic E-state index is 13.6. The number of carbonyl (C=O) groups is 2. The van der Waals surface area contributed by atoms with Crippen molar-refractivity contribution in [3.8, 4) is 5.75 Å². The van der Waals surface area contributed by atoms with E-state index >= 15 is 0 Å². The van der Waals surface area contributed by atoms with E-state index in [4.69, 9.17) is 4.74 Å². The van der Waals surface area contributed by atoms with Crippen molar-refractivity contribution in [3.63, 3.8) is 0 Å². The third kappa shape index (κ3) is 6.03. The number of nitrogens with zero attached hydrogens (tertiary/aromatic N) is 2. The zero-order chi connectivity index (χ0) is 28.0. The Balaban J connectivity index is 1.50. The standard InChI is InChI=1S/C30H37N3O5S/c1-4-6-19-31-30(35)25(5-2)32(21-22-15-17-24(38-3)18-16-22)28(34)14-9-20-33-26-12-7-10-23-11-8-13-27(29(23)26)39(33,36)37/h7-8,10-13,15-18,25H,4-6,9,14,19-21H2,1-3H3,(H,31,35)/t25-/m1/s1. The molecule has 0 saturated heterocycles. The summed E-state index contributed by atoms with van der Waals surface area (Å²) in [7, 11) is -2.09. The zero-order valence-corrected chi connectivity index (χ0v) is 23.7. The third-order valence-corrected chi connectivity index (χ3v) is 9.02. The summed E-state index contributed by atoms with van der Waals surface area (Å²) in [6.07, 6.45) is 2.75. The number of hydrogen-bond acceptors (Lipinski definition) is 5. The van der Waals surface area contributed by atoms with Crippen LogP contribution in [0.4, 0.5) is 5.69 Å². The first-order chi connectivity index (χ1) is 18.8. The molecule has 0 aromatic heterocycles. The van der Waals surface area contributed by atoms with Gasteiger partial charge in [-0.1, -0.05) is 56.7 Å². The summed E-state index contributed by atoms with van der Waals surface area (Å²) in [5.41, 5.74) is 1.53. The minimum atomic E-state index is -3.69. The Labute approximate surface area is 231 Å². The van der Waals surface area contributed by atoms with Gasteiger partial charge in [0.05, 0.1) is 17.7 Å². The summed E-state index contributed by atoms with van der Waals surface area (Å²) in [5.74, 6) is 0.358. The molecule has 9 heteroatoms. The zero-order valence-electron chi connectivity index (χ0n) is 22.9. The van der Waals surface area contributed by atoms with Gasteiger partial charge >= 0.3 is 0 Å². The molecule has 0 aliphatic carbocycles. The molecular formula is C30H37N3O5S. The van der Waals surface area contributed by atoms with Gasteiger partial charge in [0.15, 0.2) is 0 Å². The number of ether oxygens (including phenoxy) is 1. The highest BCUT2D eigenvalue weighted by atomic mass is 32.2. The molecule has 0 radical (unpaired) electrons. The molecule has 208 valence electrons. The highest BCUT2D eigenvalue weighted by Crippen LogP contribution is 2.42. The van der Waals surface area contributed by atoms with E-state index < -0.39 is 16.1 Å². The van der Waals surface area contributed by atoms with Crippen LogP contribution in [0.2, 0.25) is 0 Å². The second-order valence-corrected chi connectivity index (χ2v) is 11.6. The predicted molar refractivity (Wildman–Crippen MR) is 153 cm³/mol. The number of anilines is 1. The molecule has 0 spiro atoms. The van der Waals surface area contributed by atoms with Gasteiger partial charge in [0, 0.05) is 31.4 Å². The number of methoxy groups -OCH3 is 1. The topological polar surface area (TPSA) is 96.0 Å². The van der Waals surface area contributed by atoms with E-state index in [1.807, 2.05) is 55.5 Å². The van der Waals surface area contributed by atoms with Gasteiger partial charge in [-0.3, -0.25) is 13.9 Å². The maximum Gasteiger partial charge on any atom is 0.265 e.